The number of aryl methyl sites for hydroxylation is 1. The predicted molar refractivity (Wildman–Crippen MR) is 75.9 cm³/mol. The Morgan fingerprint density at radius 1 is 1.00 bits per heavy atom. The number of rotatable bonds is 1. The van der Waals surface area contributed by atoms with Crippen molar-refractivity contribution in [3.63, 3.8) is 0 Å². The molecule has 2 aromatic carbocycles. The Morgan fingerprint density at radius 3 is 2.67 bits per heavy atom. The molecule has 0 amide bonds. The van der Waals surface area contributed by atoms with Crippen LogP contribution in [0.25, 0.3) is 11.1 Å². The second kappa shape index (κ2) is 5.40. The van der Waals surface area contributed by atoms with E-state index in [1.54, 1.807) is 12.1 Å². The molecule has 0 aliphatic carbocycles. The first-order valence-electron chi connectivity index (χ1n) is 5.96. The fourth-order valence-electron chi connectivity index (χ4n) is 2.32. The van der Waals surface area contributed by atoms with Crippen LogP contribution < -0.4 is 5.32 Å². The molecule has 0 aromatic heterocycles. The number of hydrogen-bond acceptors (Lipinski definition) is 1. The molecule has 3 rings (SSSR count). The zero-order valence-corrected chi connectivity index (χ0v) is 10.8. The first-order chi connectivity index (χ1) is 8.33. The third kappa shape index (κ3) is 2.49. The average Bonchev–Trinajstić information content (AvgIpc) is 2.38. The van der Waals surface area contributed by atoms with Crippen molar-refractivity contribution in [1.29, 1.82) is 0 Å². The summed E-state index contributed by atoms with van der Waals surface area (Å²) in [6.07, 6.45) is 2.27. The zero-order valence-electron chi connectivity index (χ0n) is 9.95. The highest BCUT2D eigenvalue weighted by atomic mass is 35.5. The van der Waals surface area contributed by atoms with Gasteiger partial charge in [0.05, 0.1) is 0 Å². The van der Waals surface area contributed by atoms with Crippen LogP contribution in [0.1, 0.15) is 12.0 Å². The Labute approximate surface area is 112 Å². The molecule has 94 valence electrons. The lowest BCUT2D eigenvalue weighted by atomic mass is 9.97. The first-order valence-corrected chi connectivity index (χ1v) is 5.96. The quantitative estimate of drug-likeness (QED) is 0.810. The lowest BCUT2D eigenvalue weighted by molar-refractivity contribution is 0.628. The van der Waals surface area contributed by atoms with Gasteiger partial charge in [0.2, 0.25) is 0 Å². The van der Waals surface area contributed by atoms with E-state index >= 15 is 0 Å². The van der Waals surface area contributed by atoms with Gasteiger partial charge < -0.3 is 5.32 Å². The summed E-state index contributed by atoms with van der Waals surface area (Å²) in [5, 5.41) is 3.38. The van der Waals surface area contributed by atoms with Gasteiger partial charge in [-0.05, 0) is 53.8 Å². The van der Waals surface area contributed by atoms with Gasteiger partial charge in [-0.25, -0.2) is 4.39 Å². The van der Waals surface area contributed by atoms with E-state index < -0.39 is 0 Å². The van der Waals surface area contributed by atoms with Crippen LogP contribution in [0.2, 0.25) is 0 Å². The summed E-state index contributed by atoms with van der Waals surface area (Å²) in [7, 11) is 0. The van der Waals surface area contributed by atoms with Crippen molar-refractivity contribution in [2.45, 2.75) is 12.8 Å². The molecule has 0 atom stereocenters. The molecular weight excluding hydrogens is 249 g/mol. The topological polar surface area (TPSA) is 12.0 Å². The van der Waals surface area contributed by atoms with Crippen LogP contribution in [0.5, 0.6) is 0 Å². The molecule has 0 bridgehead atoms. The number of nitrogens with one attached hydrogen (secondary N) is 1. The molecule has 1 heterocycles. The van der Waals surface area contributed by atoms with Crippen LogP contribution >= 0.6 is 12.4 Å². The second-order valence-electron chi connectivity index (χ2n) is 4.41. The molecule has 18 heavy (non-hydrogen) atoms. The van der Waals surface area contributed by atoms with Crippen molar-refractivity contribution in [1.82, 2.24) is 0 Å². The van der Waals surface area contributed by atoms with E-state index in [0.717, 1.165) is 24.1 Å². The molecular formula is C15H15ClFN. The van der Waals surface area contributed by atoms with Gasteiger partial charge in [-0.1, -0.05) is 18.2 Å². The standard InChI is InChI=1S/C15H14FN.ClH/c16-14-5-1-3-11(10-14)12-6-7-15-13(9-12)4-2-8-17-15;/h1,3,5-7,9-10,17H,2,4,8H2;1H. The minimum Gasteiger partial charge on any atom is -0.385 e. The second-order valence-corrected chi connectivity index (χ2v) is 4.41. The number of halogens is 2. The molecule has 0 unspecified atom stereocenters. The monoisotopic (exact) mass is 263 g/mol. The predicted octanol–water partition coefficient (Wildman–Crippen LogP) is 4.27. The highest BCUT2D eigenvalue weighted by molar-refractivity contribution is 5.85. The van der Waals surface area contributed by atoms with Gasteiger partial charge in [0.25, 0.3) is 0 Å². The third-order valence-corrected chi connectivity index (χ3v) is 3.20. The SMILES string of the molecule is Cl.Fc1cccc(-c2ccc3c(c2)CCCN3)c1. The van der Waals surface area contributed by atoms with Crippen molar-refractivity contribution in [2.75, 3.05) is 11.9 Å². The molecule has 3 heteroatoms. The normalized spacial score (nSPS) is 13.2. The number of benzene rings is 2. The van der Waals surface area contributed by atoms with Crippen molar-refractivity contribution in [3.8, 4) is 11.1 Å². The maximum atomic E-state index is 13.2. The van der Waals surface area contributed by atoms with Crippen LogP contribution in [0, 0.1) is 5.82 Å². The largest absolute Gasteiger partial charge is 0.385 e. The summed E-state index contributed by atoms with van der Waals surface area (Å²) in [5.74, 6) is -0.182. The molecule has 1 nitrogen and oxygen atoms in total. The van der Waals surface area contributed by atoms with Gasteiger partial charge >= 0.3 is 0 Å². The maximum Gasteiger partial charge on any atom is 0.123 e. The third-order valence-electron chi connectivity index (χ3n) is 3.20. The molecule has 1 N–H and O–H groups in total. The average molecular weight is 264 g/mol. The summed E-state index contributed by atoms with van der Waals surface area (Å²) < 4.78 is 13.2. The molecule has 1 aliphatic rings. The Balaban J connectivity index is 0.00000120. The molecule has 0 saturated carbocycles. The summed E-state index contributed by atoms with van der Waals surface area (Å²) >= 11 is 0. The van der Waals surface area contributed by atoms with Gasteiger partial charge in [-0.15, -0.1) is 12.4 Å². The van der Waals surface area contributed by atoms with E-state index in [1.807, 2.05) is 12.1 Å². The summed E-state index contributed by atoms with van der Waals surface area (Å²) in [5.41, 5.74) is 4.58. The number of anilines is 1. The Morgan fingerprint density at radius 2 is 1.83 bits per heavy atom. The lowest BCUT2D eigenvalue weighted by Crippen LogP contribution is -2.11. The molecule has 0 radical (unpaired) electrons. The van der Waals surface area contributed by atoms with E-state index in [1.165, 1.54) is 23.7 Å². The fourth-order valence-corrected chi connectivity index (χ4v) is 2.32. The molecule has 1 aliphatic heterocycles. The highest BCUT2D eigenvalue weighted by Gasteiger charge is 2.09. The van der Waals surface area contributed by atoms with Gasteiger partial charge in [0, 0.05) is 12.2 Å². The molecule has 0 saturated heterocycles. The van der Waals surface area contributed by atoms with E-state index in [4.69, 9.17) is 0 Å². The Bertz CT molecular complexity index is 554. The van der Waals surface area contributed by atoms with Crippen LogP contribution in [-0.2, 0) is 6.42 Å². The van der Waals surface area contributed by atoms with E-state index in [9.17, 15) is 4.39 Å². The fraction of sp³-hybridized carbons (Fsp3) is 0.200. The van der Waals surface area contributed by atoms with Crippen LogP contribution in [0.4, 0.5) is 10.1 Å². The zero-order chi connectivity index (χ0) is 11.7. The lowest BCUT2D eigenvalue weighted by Gasteiger charge is -2.18. The number of fused-ring (bicyclic) bond motifs is 1. The molecule has 0 spiro atoms. The van der Waals surface area contributed by atoms with Gasteiger partial charge in [-0.2, -0.15) is 0 Å². The molecule has 2 aromatic rings. The highest BCUT2D eigenvalue weighted by Crippen LogP contribution is 2.28. The van der Waals surface area contributed by atoms with E-state index in [0.29, 0.717) is 0 Å². The Kier molecular flexibility index (Phi) is 3.87. The van der Waals surface area contributed by atoms with Gasteiger partial charge in [0.1, 0.15) is 5.82 Å². The van der Waals surface area contributed by atoms with Gasteiger partial charge in [-0.3, -0.25) is 0 Å². The van der Waals surface area contributed by atoms with Crippen LogP contribution in [0.15, 0.2) is 42.5 Å². The maximum absolute atomic E-state index is 13.2. The van der Waals surface area contributed by atoms with E-state index in [2.05, 4.69) is 17.4 Å². The van der Waals surface area contributed by atoms with E-state index in [-0.39, 0.29) is 18.2 Å². The first kappa shape index (κ1) is 12.9. The number of hydrogen-bond donors (Lipinski definition) is 1. The summed E-state index contributed by atoms with van der Waals surface area (Å²) in [4.78, 5) is 0. The minimum atomic E-state index is -0.182. The van der Waals surface area contributed by atoms with Crippen LogP contribution in [-0.4, -0.2) is 6.54 Å². The van der Waals surface area contributed by atoms with Crippen molar-refractivity contribution >= 4 is 18.1 Å². The smallest absolute Gasteiger partial charge is 0.123 e. The van der Waals surface area contributed by atoms with Crippen molar-refractivity contribution < 1.29 is 4.39 Å². The summed E-state index contributed by atoms with van der Waals surface area (Å²) in [6, 6.07) is 13.1. The van der Waals surface area contributed by atoms with Gasteiger partial charge in [0.15, 0.2) is 0 Å². The molecule has 0 fully saturated rings. The van der Waals surface area contributed by atoms with Crippen molar-refractivity contribution in [2.24, 2.45) is 0 Å². The van der Waals surface area contributed by atoms with Crippen molar-refractivity contribution in [3.05, 3.63) is 53.8 Å². The van der Waals surface area contributed by atoms with Crippen LogP contribution in [0.3, 0.4) is 0 Å². The summed E-state index contributed by atoms with van der Waals surface area (Å²) in [6.45, 7) is 1.05. The minimum absolute atomic E-state index is 0. The Hall–Kier alpha value is -1.54.